The van der Waals surface area contributed by atoms with Crippen LogP contribution >= 0.6 is 0 Å². The molecule has 3 unspecified atom stereocenters. The summed E-state index contributed by atoms with van der Waals surface area (Å²) in [7, 11) is 0. The van der Waals surface area contributed by atoms with Crippen LogP contribution in [0, 0.1) is 0 Å². The van der Waals surface area contributed by atoms with E-state index >= 15 is 0 Å². The van der Waals surface area contributed by atoms with Gasteiger partial charge in [0.2, 0.25) is 0 Å². The minimum Gasteiger partial charge on any atom is -0.462 e. The summed E-state index contributed by atoms with van der Waals surface area (Å²) < 4.78 is 16.3. The SMILES string of the molecule is CCCCCCCCCCCC(=O)OCC(COC(=O)CCCCCCCC(O)CO)OC(=O)CCCCCCCC(O)CO. The molecule has 0 aromatic rings. The molecule has 0 amide bonds. The molecular weight excluding hydrogens is 580 g/mol. The highest BCUT2D eigenvalue weighted by molar-refractivity contribution is 5.71. The summed E-state index contributed by atoms with van der Waals surface area (Å²) in [6, 6.07) is 0. The molecule has 0 bridgehead atoms. The number of unbranched alkanes of at least 4 members (excludes halogenated alkanes) is 16. The molecule has 0 radical (unpaired) electrons. The Morgan fingerprint density at radius 1 is 0.489 bits per heavy atom. The van der Waals surface area contributed by atoms with Gasteiger partial charge in [-0.15, -0.1) is 0 Å². The minimum atomic E-state index is -0.855. The molecule has 3 atom stereocenters. The van der Waals surface area contributed by atoms with Crippen LogP contribution in [0.5, 0.6) is 0 Å². The smallest absolute Gasteiger partial charge is 0.306 e. The fourth-order valence-corrected chi connectivity index (χ4v) is 5.00. The van der Waals surface area contributed by atoms with Gasteiger partial charge >= 0.3 is 17.9 Å². The third-order valence-electron chi connectivity index (χ3n) is 7.90. The van der Waals surface area contributed by atoms with Crippen molar-refractivity contribution < 1.29 is 49.0 Å². The molecule has 45 heavy (non-hydrogen) atoms. The van der Waals surface area contributed by atoms with E-state index < -0.39 is 24.3 Å². The number of aliphatic hydroxyl groups is 4. The summed E-state index contributed by atoms with van der Waals surface area (Å²) in [5.74, 6) is -1.16. The second kappa shape index (κ2) is 32.2. The zero-order valence-electron chi connectivity index (χ0n) is 28.3. The molecule has 0 aliphatic heterocycles. The number of esters is 3. The van der Waals surface area contributed by atoms with Gasteiger partial charge in [0.15, 0.2) is 6.10 Å². The molecule has 0 aromatic carbocycles. The lowest BCUT2D eigenvalue weighted by molar-refractivity contribution is -0.167. The predicted octanol–water partition coefficient (Wildman–Crippen LogP) is 6.07. The van der Waals surface area contributed by atoms with E-state index in [0.29, 0.717) is 32.1 Å². The largest absolute Gasteiger partial charge is 0.462 e. The number of hydrogen-bond acceptors (Lipinski definition) is 10. The molecule has 10 heteroatoms. The topological polar surface area (TPSA) is 160 Å². The maximum atomic E-state index is 12.5. The van der Waals surface area contributed by atoms with E-state index in [4.69, 9.17) is 24.4 Å². The molecule has 4 N–H and O–H groups in total. The monoisotopic (exact) mass is 646 g/mol. The summed E-state index contributed by atoms with van der Waals surface area (Å²) in [4.78, 5) is 37.1. The van der Waals surface area contributed by atoms with Gasteiger partial charge in [-0.3, -0.25) is 14.4 Å². The molecule has 0 saturated heterocycles. The summed E-state index contributed by atoms with van der Waals surface area (Å²) in [6.45, 7) is 1.45. The number of hydrogen-bond donors (Lipinski definition) is 4. The van der Waals surface area contributed by atoms with Gasteiger partial charge in [-0.2, -0.15) is 0 Å². The summed E-state index contributed by atoms with van der Waals surface area (Å²) in [5.41, 5.74) is 0. The van der Waals surface area contributed by atoms with Gasteiger partial charge in [0.05, 0.1) is 25.4 Å². The Balaban J connectivity index is 4.40. The van der Waals surface area contributed by atoms with Crippen LogP contribution in [0.4, 0.5) is 0 Å². The molecule has 0 rings (SSSR count). The summed E-state index contributed by atoms with van der Waals surface area (Å²) in [6.07, 6.45) is 18.4. The van der Waals surface area contributed by atoms with E-state index in [1.54, 1.807) is 0 Å². The lowest BCUT2D eigenvalue weighted by atomic mass is 10.1. The lowest BCUT2D eigenvalue weighted by Gasteiger charge is -2.18. The quantitative estimate of drug-likeness (QED) is 0.0374. The third-order valence-corrected chi connectivity index (χ3v) is 7.90. The van der Waals surface area contributed by atoms with Crippen molar-refractivity contribution in [2.24, 2.45) is 0 Å². The minimum absolute atomic E-state index is 0.151. The van der Waals surface area contributed by atoms with Gasteiger partial charge in [0, 0.05) is 19.3 Å². The van der Waals surface area contributed by atoms with Crippen LogP contribution in [0.25, 0.3) is 0 Å². The zero-order valence-corrected chi connectivity index (χ0v) is 28.3. The molecule has 266 valence electrons. The summed E-state index contributed by atoms with van der Waals surface area (Å²) in [5, 5.41) is 36.5. The average molecular weight is 647 g/mol. The third kappa shape index (κ3) is 30.7. The Morgan fingerprint density at radius 2 is 0.822 bits per heavy atom. The van der Waals surface area contributed by atoms with Gasteiger partial charge in [0.1, 0.15) is 13.2 Å². The standard InChI is InChI=1S/C35H66O10/c1-2-3-4-5-6-7-8-13-18-23-33(40)43-28-32(45-35(42)25-20-15-10-12-17-22-31(39)27-37)29-44-34(41)24-19-14-9-11-16-21-30(38)26-36/h30-32,36-39H,2-29H2,1H3. The Labute approximate surface area is 272 Å². The van der Waals surface area contributed by atoms with Crippen molar-refractivity contribution in [3.8, 4) is 0 Å². The van der Waals surface area contributed by atoms with E-state index in [1.165, 1.54) is 38.5 Å². The van der Waals surface area contributed by atoms with Crippen LogP contribution in [0.1, 0.15) is 161 Å². The van der Waals surface area contributed by atoms with Crippen LogP contribution in [0.3, 0.4) is 0 Å². The van der Waals surface area contributed by atoms with Crippen LogP contribution in [0.2, 0.25) is 0 Å². The summed E-state index contributed by atoms with van der Waals surface area (Å²) >= 11 is 0. The normalized spacial score (nSPS) is 13.3. The van der Waals surface area contributed by atoms with Crippen LogP contribution in [-0.4, -0.2) is 83.1 Å². The molecule has 0 heterocycles. The van der Waals surface area contributed by atoms with Gasteiger partial charge < -0.3 is 34.6 Å². The van der Waals surface area contributed by atoms with Crippen molar-refractivity contribution in [1.29, 1.82) is 0 Å². The maximum absolute atomic E-state index is 12.5. The molecule has 0 aliphatic carbocycles. The first-order valence-electron chi connectivity index (χ1n) is 17.9. The first kappa shape index (κ1) is 43.2. The highest BCUT2D eigenvalue weighted by atomic mass is 16.6. The van der Waals surface area contributed by atoms with Crippen LogP contribution in [0.15, 0.2) is 0 Å². The number of carbonyl (C=O) groups excluding carboxylic acids is 3. The average Bonchev–Trinajstić information content (AvgIpc) is 3.03. The molecule has 0 fully saturated rings. The van der Waals surface area contributed by atoms with E-state index in [-0.39, 0.29) is 51.2 Å². The van der Waals surface area contributed by atoms with Crippen molar-refractivity contribution in [2.75, 3.05) is 26.4 Å². The van der Waals surface area contributed by atoms with Crippen molar-refractivity contribution >= 4 is 17.9 Å². The van der Waals surface area contributed by atoms with E-state index in [1.807, 2.05) is 0 Å². The van der Waals surface area contributed by atoms with Crippen LogP contribution in [-0.2, 0) is 28.6 Å². The fraction of sp³-hybridized carbons (Fsp3) is 0.914. The predicted molar refractivity (Wildman–Crippen MR) is 174 cm³/mol. The Hall–Kier alpha value is -1.75. The fourth-order valence-electron chi connectivity index (χ4n) is 5.00. The Kier molecular flexibility index (Phi) is 30.9. The maximum Gasteiger partial charge on any atom is 0.306 e. The van der Waals surface area contributed by atoms with Gasteiger partial charge in [-0.1, -0.05) is 110 Å². The molecule has 0 aliphatic rings. The molecule has 10 nitrogen and oxygen atoms in total. The lowest BCUT2D eigenvalue weighted by Crippen LogP contribution is -2.30. The van der Waals surface area contributed by atoms with Crippen LogP contribution < -0.4 is 0 Å². The van der Waals surface area contributed by atoms with Gasteiger partial charge in [-0.25, -0.2) is 0 Å². The molecule has 0 saturated carbocycles. The van der Waals surface area contributed by atoms with Crippen molar-refractivity contribution in [3.63, 3.8) is 0 Å². The highest BCUT2D eigenvalue weighted by Gasteiger charge is 2.19. The highest BCUT2D eigenvalue weighted by Crippen LogP contribution is 2.13. The van der Waals surface area contributed by atoms with E-state index in [0.717, 1.165) is 70.6 Å². The first-order valence-corrected chi connectivity index (χ1v) is 17.9. The molecular formula is C35H66O10. The first-order chi connectivity index (χ1) is 21.8. The Morgan fingerprint density at radius 3 is 1.20 bits per heavy atom. The number of rotatable bonds is 33. The second-order valence-electron chi connectivity index (χ2n) is 12.3. The van der Waals surface area contributed by atoms with Crippen molar-refractivity contribution in [2.45, 2.75) is 179 Å². The van der Waals surface area contributed by atoms with E-state index in [9.17, 15) is 24.6 Å². The molecule has 0 spiro atoms. The number of aliphatic hydroxyl groups excluding tert-OH is 4. The second-order valence-corrected chi connectivity index (χ2v) is 12.3. The van der Waals surface area contributed by atoms with Gasteiger partial charge in [0.25, 0.3) is 0 Å². The number of carbonyl (C=O) groups is 3. The molecule has 0 aromatic heterocycles. The van der Waals surface area contributed by atoms with E-state index in [2.05, 4.69) is 6.92 Å². The van der Waals surface area contributed by atoms with Crippen molar-refractivity contribution in [3.05, 3.63) is 0 Å². The van der Waals surface area contributed by atoms with Crippen molar-refractivity contribution in [1.82, 2.24) is 0 Å². The zero-order chi connectivity index (χ0) is 33.4. The Bertz CT molecular complexity index is 702. The van der Waals surface area contributed by atoms with Gasteiger partial charge in [-0.05, 0) is 32.1 Å². The number of ether oxygens (including phenoxy) is 3.